The third-order valence-corrected chi connectivity index (χ3v) is 5.11. The van der Waals surface area contributed by atoms with Crippen LogP contribution in [-0.2, 0) is 0 Å². The van der Waals surface area contributed by atoms with Gasteiger partial charge in [0.25, 0.3) is 5.91 Å². The van der Waals surface area contributed by atoms with Crippen molar-refractivity contribution in [2.45, 2.75) is 6.92 Å². The fourth-order valence-corrected chi connectivity index (χ4v) is 3.46. The molecule has 0 saturated carbocycles. The first kappa shape index (κ1) is 20.0. The Balaban J connectivity index is 1.45. The number of aryl methyl sites for hydroxylation is 1. The number of rotatable bonds is 7. The normalized spacial score (nSPS) is 14.6. The fraction of sp³-hybridized carbons (Fsp3) is 0.409. The Hall–Kier alpha value is -2.73. The second-order valence-corrected chi connectivity index (χ2v) is 6.99. The van der Waals surface area contributed by atoms with Crippen LogP contribution < -0.4 is 19.7 Å². The number of ether oxygens (including phenoxy) is 2. The van der Waals surface area contributed by atoms with Crippen LogP contribution in [-0.4, -0.2) is 64.3 Å². The molecule has 0 spiro atoms. The van der Waals surface area contributed by atoms with Gasteiger partial charge in [-0.2, -0.15) is 0 Å². The first-order valence-corrected chi connectivity index (χ1v) is 9.65. The minimum Gasteiger partial charge on any atom is -0.497 e. The number of carbonyl (C=O) groups is 1. The highest BCUT2D eigenvalue weighted by atomic mass is 16.5. The molecule has 0 radical (unpaired) electrons. The Kier molecular flexibility index (Phi) is 6.76. The second-order valence-electron chi connectivity index (χ2n) is 6.99. The van der Waals surface area contributed by atoms with Gasteiger partial charge in [0.15, 0.2) is 0 Å². The molecule has 0 unspecified atom stereocenters. The van der Waals surface area contributed by atoms with Crippen molar-refractivity contribution in [2.24, 2.45) is 0 Å². The fourth-order valence-electron chi connectivity index (χ4n) is 3.46. The maximum atomic E-state index is 12.5. The quantitative estimate of drug-likeness (QED) is 0.796. The van der Waals surface area contributed by atoms with Gasteiger partial charge in [0, 0.05) is 51.0 Å². The van der Waals surface area contributed by atoms with Crippen LogP contribution in [0.25, 0.3) is 0 Å². The molecule has 1 N–H and O–H groups in total. The summed E-state index contributed by atoms with van der Waals surface area (Å²) in [7, 11) is 3.15. The summed E-state index contributed by atoms with van der Waals surface area (Å²) in [5.74, 6) is 1.06. The van der Waals surface area contributed by atoms with Gasteiger partial charge in [-0.1, -0.05) is 12.1 Å². The zero-order chi connectivity index (χ0) is 19.9. The van der Waals surface area contributed by atoms with E-state index in [1.54, 1.807) is 32.4 Å². The van der Waals surface area contributed by atoms with E-state index >= 15 is 0 Å². The largest absolute Gasteiger partial charge is 0.497 e. The molecular weight excluding hydrogens is 354 g/mol. The average Bonchev–Trinajstić information content (AvgIpc) is 2.73. The first-order chi connectivity index (χ1) is 13.6. The van der Waals surface area contributed by atoms with Crippen molar-refractivity contribution in [3.05, 3.63) is 53.6 Å². The van der Waals surface area contributed by atoms with Gasteiger partial charge in [-0.25, -0.2) is 0 Å². The molecule has 2 aromatic carbocycles. The van der Waals surface area contributed by atoms with E-state index in [2.05, 4.69) is 46.3 Å². The number of nitrogens with zero attached hydrogens (tertiary/aromatic N) is 2. The number of nitrogens with one attached hydrogen (secondary N) is 1. The van der Waals surface area contributed by atoms with Crippen molar-refractivity contribution in [3.63, 3.8) is 0 Å². The van der Waals surface area contributed by atoms with Gasteiger partial charge < -0.3 is 19.7 Å². The average molecular weight is 383 g/mol. The standard InChI is InChI=1S/C22H29N3O3/c1-17-5-4-6-18(15-17)25-13-11-24(12-14-25)10-9-23-22(26)20-8-7-19(27-2)16-21(20)28-3/h4-8,15-16H,9-14H2,1-3H3,(H,23,26). The SMILES string of the molecule is COc1ccc(C(=O)NCCN2CCN(c3cccc(C)c3)CC2)c(OC)c1. The zero-order valence-electron chi connectivity index (χ0n) is 16.9. The zero-order valence-corrected chi connectivity index (χ0v) is 16.9. The third kappa shape index (κ3) is 4.95. The number of hydrogen-bond acceptors (Lipinski definition) is 5. The molecule has 0 bridgehead atoms. The topological polar surface area (TPSA) is 54.0 Å². The van der Waals surface area contributed by atoms with Gasteiger partial charge in [0.1, 0.15) is 11.5 Å². The Morgan fingerprint density at radius 2 is 1.82 bits per heavy atom. The minimum atomic E-state index is -0.127. The summed E-state index contributed by atoms with van der Waals surface area (Å²) in [5, 5.41) is 2.99. The molecular formula is C22H29N3O3. The molecule has 1 saturated heterocycles. The van der Waals surface area contributed by atoms with Crippen LogP contribution in [0.3, 0.4) is 0 Å². The Labute approximate surface area is 167 Å². The summed E-state index contributed by atoms with van der Waals surface area (Å²) in [6, 6.07) is 13.9. The second kappa shape index (κ2) is 9.46. The van der Waals surface area contributed by atoms with E-state index in [4.69, 9.17) is 9.47 Å². The van der Waals surface area contributed by atoms with Crippen molar-refractivity contribution in [2.75, 3.05) is 58.4 Å². The number of hydrogen-bond donors (Lipinski definition) is 1. The van der Waals surface area contributed by atoms with Crippen molar-refractivity contribution >= 4 is 11.6 Å². The predicted octanol–water partition coefficient (Wildman–Crippen LogP) is 2.56. The van der Waals surface area contributed by atoms with E-state index in [-0.39, 0.29) is 5.91 Å². The van der Waals surface area contributed by atoms with E-state index in [0.29, 0.717) is 23.6 Å². The molecule has 1 aliphatic rings. The van der Waals surface area contributed by atoms with Gasteiger partial charge in [-0.3, -0.25) is 9.69 Å². The lowest BCUT2D eigenvalue weighted by Crippen LogP contribution is -2.48. The van der Waals surface area contributed by atoms with Gasteiger partial charge in [0.2, 0.25) is 0 Å². The summed E-state index contributed by atoms with van der Waals surface area (Å²) >= 11 is 0. The van der Waals surface area contributed by atoms with Crippen LogP contribution in [0.1, 0.15) is 15.9 Å². The van der Waals surface area contributed by atoms with Gasteiger partial charge in [0.05, 0.1) is 19.8 Å². The highest BCUT2D eigenvalue weighted by Crippen LogP contribution is 2.24. The minimum absolute atomic E-state index is 0.127. The van der Waals surface area contributed by atoms with E-state index in [0.717, 1.165) is 32.7 Å². The van der Waals surface area contributed by atoms with Crippen LogP contribution in [0.5, 0.6) is 11.5 Å². The molecule has 2 aromatic rings. The van der Waals surface area contributed by atoms with E-state index in [9.17, 15) is 4.79 Å². The van der Waals surface area contributed by atoms with E-state index in [1.807, 2.05) is 0 Å². The maximum absolute atomic E-state index is 12.5. The van der Waals surface area contributed by atoms with Crippen molar-refractivity contribution in [1.82, 2.24) is 10.2 Å². The van der Waals surface area contributed by atoms with E-state index in [1.165, 1.54) is 11.3 Å². The molecule has 0 atom stereocenters. The van der Waals surface area contributed by atoms with Crippen molar-refractivity contribution in [1.29, 1.82) is 0 Å². The van der Waals surface area contributed by atoms with Gasteiger partial charge in [-0.15, -0.1) is 0 Å². The summed E-state index contributed by atoms with van der Waals surface area (Å²) in [4.78, 5) is 17.3. The molecule has 0 aliphatic carbocycles. The lowest BCUT2D eigenvalue weighted by atomic mass is 10.1. The Morgan fingerprint density at radius 1 is 1.04 bits per heavy atom. The number of benzene rings is 2. The third-order valence-electron chi connectivity index (χ3n) is 5.11. The number of amides is 1. The Morgan fingerprint density at radius 3 is 2.50 bits per heavy atom. The molecule has 28 heavy (non-hydrogen) atoms. The predicted molar refractivity (Wildman–Crippen MR) is 112 cm³/mol. The molecule has 150 valence electrons. The molecule has 1 amide bonds. The monoisotopic (exact) mass is 383 g/mol. The lowest BCUT2D eigenvalue weighted by Gasteiger charge is -2.36. The smallest absolute Gasteiger partial charge is 0.255 e. The molecule has 0 aromatic heterocycles. The molecule has 6 nitrogen and oxygen atoms in total. The van der Waals surface area contributed by atoms with Crippen LogP contribution >= 0.6 is 0 Å². The van der Waals surface area contributed by atoms with Crippen LogP contribution in [0.4, 0.5) is 5.69 Å². The molecule has 1 aliphatic heterocycles. The molecule has 1 fully saturated rings. The summed E-state index contributed by atoms with van der Waals surface area (Å²) < 4.78 is 10.5. The van der Waals surface area contributed by atoms with Gasteiger partial charge >= 0.3 is 0 Å². The number of piperazine rings is 1. The van der Waals surface area contributed by atoms with E-state index < -0.39 is 0 Å². The highest BCUT2D eigenvalue weighted by molar-refractivity contribution is 5.97. The maximum Gasteiger partial charge on any atom is 0.255 e. The number of carbonyl (C=O) groups excluding carboxylic acids is 1. The van der Waals surface area contributed by atoms with Crippen LogP contribution in [0.2, 0.25) is 0 Å². The van der Waals surface area contributed by atoms with Crippen LogP contribution in [0.15, 0.2) is 42.5 Å². The van der Waals surface area contributed by atoms with Crippen molar-refractivity contribution < 1.29 is 14.3 Å². The molecule has 1 heterocycles. The van der Waals surface area contributed by atoms with Crippen molar-refractivity contribution in [3.8, 4) is 11.5 Å². The summed E-state index contributed by atoms with van der Waals surface area (Å²) in [6.45, 7) is 7.57. The lowest BCUT2D eigenvalue weighted by molar-refractivity contribution is 0.0944. The highest BCUT2D eigenvalue weighted by Gasteiger charge is 2.18. The molecule has 6 heteroatoms. The number of methoxy groups -OCH3 is 2. The molecule has 3 rings (SSSR count). The summed E-state index contributed by atoms with van der Waals surface area (Å²) in [5.41, 5.74) is 3.10. The Bertz CT molecular complexity index is 801. The first-order valence-electron chi connectivity index (χ1n) is 9.65. The van der Waals surface area contributed by atoms with Crippen LogP contribution in [0, 0.1) is 6.92 Å². The summed E-state index contributed by atoms with van der Waals surface area (Å²) in [6.07, 6.45) is 0. The number of anilines is 1. The van der Waals surface area contributed by atoms with Gasteiger partial charge in [-0.05, 0) is 36.8 Å².